The molecule has 0 aliphatic heterocycles. The summed E-state index contributed by atoms with van der Waals surface area (Å²) in [6, 6.07) is 13.5. The molecule has 0 nitrogen and oxygen atoms in total. The molecule has 0 aromatic heterocycles. The van der Waals surface area contributed by atoms with E-state index in [1.54, 1.807) is 12.1 Å². The van der Waals surface area contributed by atoms with Crippen LogP contribution < -0.4 is 0 Å². The van der Waals surface area contributed by atoms with Crippen molar-refractivity contribution in [2.45, 2.75) is 78.1 Å². The van der Waals surface area contributed by atoms with E-state index in [2.05, 4.69) is 50.3 Å². The van der Waals surface area contributed by atoms with Crippen molar-refractivity contribution in [3.8, 4) is 0 Å². The van der Waals surface area contributed by atoms with Gasteiger partial charge < -0.3 is 0 Å². The average molecular weight is 423 g/mol. The molecule has 0 heterocycles. The van der Waals surface area contributed by atoms with Crippen LogP contribution in [0.3, 0.4) is 0 Å². The van der Waals surface area contributed by atoms with Crippen molar-refractivity contribution >= 4 is 5.57 Å². The van der Waals surface area contributed by atoms with Gasteiger partial charge in [0.25, 0.3) is 0 Å². The Morgan fingerprint density at radius 1 is 0.806 bits per heavy atom. The smallest absolute Gasteiger partial charge is 0.166 e. The summed E-state index contributed by atoms with van der Waals surface area (Å²) in [7, 11) is 0. The zero-order chi connectivity index (χ0) is 22.1. The molecular weight excluding hydrogens is 386 g/mol. The molecule has 0 spiro atoms. The standard InChI is InChI=1S/C29H36F2/c1-3-5-7-19-29(20-16-24-14-12-23(13-15-24)9-6-4-2)21-17-25(18-22-29)26-10-8-11-27(30)28(26)31/h8,10-15,17-18,21H,3-7,9,16,19-20,22H2,1-2H3. The minimum atomic E-state index is -0.783. The lowest BCUT2D eigenvalue weighted by Gasteiger charge is -2.33. The van der Waals surface area contributed by atoms with Crippen molar-refractivity contribution in [2.24, 2.45) is 5.41 Å². The second-order valence-corrected chi connectivity index (χ2v) is 9.04. The number of allylic oxidation sites excluding steroid dienone is 4. The van der Waals surface area contributed by atoms with Crippen molar-refractivity contribution < 1.29 is 8.78 Å². The van der Waals surface area contributed by atoms with Gasteiger partial charge in [0.15, 0.2) is 11.6 Å². The Hall–Kier alpha value is -2.22. The highest BCUT2D eigenvalue weighted by Crippen LogP contribution is 2.41. The minimum Gasteiger partial charge on any atom is -0.204 e. The Kier molecular flexibility index (Phi) is 8.63. The van der Waals surface area contributed by atoms with E-state index in [9.17, 15) is 8.78 Å². The third-order valence-electron chi connectivity index (χ3n) is 6.64. The molecule has 1 aliphatic rings. The molecule has 3 rings (SSSR count). The first-order valence-electron chi connectivity index (χ1n) is 12.0. The molecule has 166 valence electrons. The van der Waals surface area contributed by atoms with Crippen LogP contribution in [0.2, 0.25) is 0 Å². The molecule has 1 unspecified atom stereocenters. The van der Waals surface area contributed by atoms with Crippen LogP contribution in [0.25, 0.3) is 5.57 Å². The minimum absolute atomic E-state index is 0.101. The van der Waals surface area contributed by atoms with E-state index < -0.39 is 11.6 Å². The second-order valence-electron chi connectivity index (χ2n) is 9.04. The molecular formula is C29H36F2. The van der Waals surface area contributed by atoms with E-state index in [-0.39, 0.29) is 5.41 Å². The van der Waals surface area contributed by atoms with Crippen LogP contribution in [0.4, 0.5) is 8.78 Å². The molecule has 0 saturated carbocycles. The van der Waals surface area contributed by atoms with Crippen molar-refractivity contribution in [3.05, 3.63) is 89.0 Å². The van der Waals surface area contributed by atoms with E-state index in [0.717, 1.165) is 37.7 Å². The summed E-state index contributed by atoms with van der Waals surface area (Å²) in [5.41, 5.74) is 4.06. The maximum Gasteiger partial charge on any atom is 0.166 e. The van der Waals surface area contributed by atoms with Crippen LogP contribution in [0.1, 0.15) is 81.9 Å². The maximum absolute atomic E-state index is 14.3. The fourth-order valence-electron chi connectivity index (χ4n) is 4.51. The highest BCUT2D eigenvalue weighted by molar-refractivity contribution is 5.75. The highest BCUT2D eigenvalue weighted by Gasteiger charge is 2.28. The Morgan fingerprint density at radius 2 is 1.52 bits per heavy atom. The van der Waals surface area contributed by atoms with Gasteiger partial charge in [-0.3, -0.25) is 0 Å². The van der Waals surface area contributed by atoms with Crippen LogP contribution >= 0.6 is 0 Å². The lowest BCUT2D eigenvalue weighted by Crippen LogP contribution is -2.21. The first-order valence-corrected chi connectivity index (χ1v) is 12.0. The average Bonchev–Trinajstić information content (AvgIpc) is 2.80. The van der Waals surface area contributed by atoms with Crippen molar-refractivity contribution in [1.29, 1.82) is 0 Å². The zero-order valence-electron chi connectivity index (χ0n) is 19.1. The zero-order valence-corrected chi connectivity index (χ0v) is 19.1. The summed E-state index contributed by atoms with van der Waals surface area (Å²) >= 11 is 0. The number of hydrogen-bond donors (Lipinski definition) is 0. The summed E-state index contributed by atoms with van der Waals surface area (Å²) < 4.78 is 27.9. The number of rotatable bonds is 11. The molecule has 0 fully saturated rings. The van der Waals surface area contributed by atoms with E-state index >= 15 is 0 Å². The van der Waals surface area contributed by atoms with E-state index in [0.29, 0.717) is 5.56 Å². The monoisotopic (exact) mass is 422 g/mol. The molecule has 2 heteroatoms. The Bertz CT molecular complexity index is 891. The number of unbranched alkanes of at least 4 members (excludes halogenated alkanes) is 3. The van der Waals surface area contributed by atoms with Crippen LogP contribution in [-0.2, 0) is 12.8 Å². The summed E-state index contributed by atoms with van der Waals surface area (Å²) in [4.78, 5) is 0. The maximum atomic E-state index is 14.3. The molecule has 1 aliphatic carbocycles. The SMILES string of the molecule is CCCCCC1(CCc2ccc(CCCC)cc2)C=CC(c2cccc(F)c2F)=CC1. The van der Waals surface area contributed by atoms with Crippen LogP contribution in [-0.4, -0.2) is 0 Å². The fourth-order valence-corrected chi connectivity index (χ4v) is 4.51. The molecule has 2 aromatic rings. The van der Waals surface area contributed by atoms with Crippen molar-refractivity contribution in [1.82, 2.24) is 0 Å². The summed E-state index contributed by atoms with van der Waals surface area (Å²) in [6.45, 7) is 4.46. The predicted octanol–water partition coefficient (Wildman–Crippen LogP) is 8.85. The van der Waals surface area contributed by atoms with Gasteiger partial charge in [0.05, 0.1) is 0 Å². The van der Waals surface area contributed by atoms with E-state index in [1.165, 1.54) is 49.3 Å². The summed E-state index contributed by atoms with van der Waals surface area (Å²) in [5.74, 6) is -1.53. The largest absolute Gasteiger partial charge is 0.204 e. The first-order chi connectivity index (χ1) is 15.1. The third-order valence-corrected chi connectivity index (χ3v) is 6.64. The predicted molar refractivity (Wildman–Crippen MR) is 128 cm³/mol. The van der Waals surface area contributed by atoms with E-state index in [1.807, 2.05) is 6.08 Å². The highest BCUT2D eigenvalue weighted by atomic mass is 19.2. The van der Waals surface area contributed by atoms with Crippen molar-refractivity contribution in [3.63, 3.8) is 0 Å². The molecule has 0 N–H and O–H groups in total. The third kappa shape index (κ3) is 6.38. The van der Waals surface area contributed by atoms with Gasteiger partial charge in [0.2, 0.25) is 0 Å². The lowest BCUT2D eigenvalue weighted by molar-refractivity contribution is 0.311. The normalized spacial score (nSPS) is 18.3. The second kappa shape index (κ2) is 11.4. The topological polar surface area (TPSA) is 0 Å². The number of aryl methyl sites for hydroxylation is 2. The molecule has 1 atom stereocenters. The van der Waals surface area contributed by atoms with Gasteiger partial charge >= 0.3 is 0 Å². The fraction of sp³-hybridized carbons (Fsp3) is 0.448. The Balaban J connectivity index is 1.70. The van der Waals surface area contributed by atoms with Crippen LogP contribution in [0.5, 0.6) is 0 Å². The lowest BCUT2D eigenvalue weighted by atomic mass is 9.72. The summed E-state index contributed by atoms with van der Waals surface area (Å²) in [6.07, 6.45) is 17.8. The molecule has 0 saturated heterocycles. The number of halogens is 2. The summed E-state index contributed by atoms with van der Waals surface area (Å²) in [5, 5.41) is 0. The molecule has 0 amide bonds. The van der Waals surface area contributed by atoms with Gasteiger partial charge in [-0.25, -0.2) is 8.78 Å². The van der Waals surface area contributed by atoms with Gasteiger partial charge in [0, 0.05) is 5.56 Å². The Labute approximate surface area is 187 Å². The van der Waals surface area contributed by atoms with Gasteiger partial charge in [-0.15, -0.1) is 0 Å². The van der Waals surface area contributed by atoms with Gasteiger partial charge in [0.1, 0.15) is 0 Å². The van der Waals surface area contributed by atoms with Crippen LogP contribution in [0, 0.1) is 17.0 Å². The van der Waals surface area contributed by atoms with E-state index in [4.69, 9.17) is 0 Å². The first kappa shape index (κ1) is 23.4. The quantitative estimate of drug-likeness (QED) is 0.317. The van der Waals surface area contributed by atoms with Gasteiger partial charge in [-0.2, -0.15) is 0 Å². The van der Waals surface area contributed by atoms with Gasteiger partial charge in [-0.1, -0.05) is 94.2 Å². The molecule has 31 heavy (non-hydrogen) atoms. The molecule has 0 bridgehead atoms. The molecule has 0 radical (unpaired) electrons. The van der Waals surface area contributed by atoms with Crippen molar-refractivity contribution in [2.75, 3.05) is 0 Å². The molecule has 2 aromatic carbocycles. The number of hydrogen-bond acceptors (Lipinski definition) is 0. The number of benzene rings is 2. The Morgan fingerprint density at radius 3 is 2.16 bits per heavy atom. The van der Waals surface area contributed by atoms with Crippen LogP contribution in [0.15, 0.2) is 60.7 Å². The van der Waals surface area contributed by atoms with Gasteiger partial charge in [-0.05, 0) is 66.7 Å².